The van der Waals surface area contributed by atoms with Crippen LogP contribution >= 0.6 is 0 Å². The van der Waals surface area contributed by atoms with E-state index in [1.807, 2.05) is 31.2 Å². The molecule has 1 aliphatic rings. The summed E-state index contributed by atoms with van der Waals surface area (Å²) in [5.74, 6) is 0.913. The van der Waals surface area contributed by atoms with Gasteiger partial charge in [-0.15, -0.1) is 0 Å². The Labute approximate surface area is 169 Å². The molecule has 7 heteroatoms. The summed E-state index contributed by atoms with van der Waals surface area (Å²) in [6.45, 7) is -0.837. The van der Waals surface area contributed by atoms with Crippen molar-refractivity contribution in [3.05, 3.63) is 59.2 Å². The summed E-state index contributed by atoms with van der Waals surface area (Å²) < 4.78 is 34.6. The molecule has 5 nitrogen and oxygen atoms in total. The highest BCUT2D eigenvalue weighted by Crippen LogP contribution is 2.32. The van der Waals surface area contributed by atoms with Crippen molar-refractivity contribution < 1.29 is 23.0 Å². The molecule has 0 radical (unpaired) electrons. The van der Waals surface area contributed by atoms with Crippen LogP contribution in [0.15, 0.2) is 42.5 Å². The zero-order valence-corrected chi connectivity index (χ0v) is 16.6. The van der Waals surface area contributed by atoms with Gasteiger partial charge in [0, 0.05) is 0 Å². The van der Waals surface area contributed by atoms with Gasteiger partial charge in [0.2, 0.25) is 0 Å². The lowest BCUT2D eigenvalue weighted by Crippen LogP contribution is -2.40. The predicted octanol–water partition coefficient (Wildman–Crippen LogP) is 5.12. The average molecular weight is 404 g/mol. The number of urea groups is 1. The van der Waals surface area contributed by atoms with Crippen LogP contribution in [0, 0.1) is 0 Å². The van der Waals surface area contributed by atoms with E-state index in [4.69, 9.17) is 4.74 Å². The van der Waals surface area contributed by atoms with Gasteiger partial charge in [0.1, 0.15) is 11.5 Å². The topological polar surface area (TPSA) is 59.6 Å². The number of nitrogens with one attached hydrogen (secondary N) is 2. The van der Waals surface area contributed by atoms with Gasteiger partial charge in [-0.25, -0.2) is 4.79 Å². The number of aryl methyl sites for hydroxylation is 1. The maximum atomic E-state index is 12.6. The van der Waals surface area contributed by atoms with Crippen LogP contribution in [0.3, 0.4) is 0 Å². The minimum absolute atomic E-state index is 0.120. The van der Waals surface area contributed by atoms with Crippen molar-refractivity contribution in [3.8, 4) is 11.5 Å². The second-order valence-electron chi connectivity index (χ2n) is 7.04. The molecule has 1 aliphatic carbocycles. The molecule has 0 aliphatic heterocycles. The minimum atomic E-state index is -2.85. The van der Waals surface area contributed by atoms with Crippen LogP contribution in [-0.2, 0) is 6.42 Å². The first-order valence-corrected chi connectivity index (χ1v) is 9.78. The lowest BCUT2D eigenvalue weighted by molar-refractivity contribution is -0.0499. The number of carbonyl (C=O) groups is 1. The third kappa shape index (κ3) is 5.37. The van der Waals surface area contributed by atoms with Crippen molar-refractivity contribution in [2.75, 3.05) is 7.11 Å². The van der Waals surface area contributed by atoms with E-state index in [9.17, 15) is 13.6 Å². The van der Waals surface area contributed by atoms with Crippen molar-refractivity contribution in [3.63, 3.8) is 0 Å². The van der Waals surface area contributed by atoms with E-state index in [-0.39, 0.29) is 23.9 Å². The number of hydrogen-bond donors (Lipinski definition) is 2. The molecule has 2 aromatic carbocycles. The quantitative estimate of drug-likeness (QED) is 0.673. The molecule has 3 rings (SSSR count). The van der Waals surface area contributed by atoms with Gasteiger partial charge in [-0.2, -0.15) is 8.78 Å². The molecule has 0 saturated heterocycles. The van der Waals surface area contributed by atoms with E-state index in [0.29, 0.717) is 0 Å². The summed E-state index contributed by atoms with van der Waals surface area (Å²) in [5, 5.41) is 6.05. The number of alkyl halides is 2. The molecule has 0 bridgehead atoms. The number of halogens is 2. The van der Waals surface area contributed by atoms with Gasteiger partial charge in [-0.1, -0.05) is 25.1 Å². The third-order valence-electron chi connectivity index (χ3n) is 5.19. The molecule has 2 aromatic rings. The van der Waals surface area contributed by atoms with E-state index in [0.717, 1.165) is 48.1 Å². The Bertz CT molecular complexity index is 827. The first-order valence-electron chi connectivity index (χ1n) is 9.78. The molecule has 0 fully saturated rings. The van der Waals surface area contributed by atoms with Crippen LogP contribution in [0.25, 0.3) is 0 Å². The predicted molar refractivity (Wildman–Crippen MR) is 106 cm³/mol. The standard InChI is InChI=1S/C22H26F2N2O3/c1-3-19(14-7-9-16(28-2)10-8-14)25-22(27)26-20-6-4-5-15-13-17(29-21(23)24)11-12-18(15)20/h7-13,19-21H,3-6H2,1-2H3,(H2,25,26,27). The van der Waals surface area contributed by atoms with Crippen molar-refractivity contribution in [1.82, 2.24) is 10.6 Å². The number of hydrogen-bond acceptors (Lipinski definition) is 3. The first-order chi connectivity index (χ1) is 14.0. The lowest BCUT2D eigenvalue weighted by Gasteiger charge is -2.28. The summed E-state index contributed by atoms with van der Waals surface area (Å²) >= 11 is 0. The summed E-state index contributed by atoms with van der Waals surface area (Å²) in [4.78, 5) is 12.6. The number of methoxy groups -OCH3 is 1. The monoisotopic (exact) mass is 404 g/mol. The van der Waals surface area contributed by atoms with E-state index in [1.54, 1.807) is 19.2 Å². The Hall–Kier alpha value is -2.83. The summed E-state index contributed by atoms with van der Waals surface area (Å²) in [5.41, 5.74) is 2.88. The number of rotatable bonds is 7. The van der Waals surface area contributed by atoms with Crippen LogP contribution in [0.5, 0.6) is 11.5 Å². The summed E-state index contributed by atoms with van der Waals surface area (Å²) in [6.07, 6.45) is 3.19. The maximum absolute atomic E-state index is 12.6. The molecule has 2 atom stereocenters. The fraction of sp³-hybridized carbons (Fsp3) is 0.409. The number of fused-ring (bicyclic) bond motifs is 1. The smallest absolute Gasteiger partial charge is 0.387 e. The summed E-state index contributed by atoms with van der Waals surface area (Å²) in [7, 11) is 1.61. The van der Waals surface area contributed by atoms with Crippen LogP contribution < -0.4 is 20.1 Å². The molecular formula is C22H26F2N2O3. The Balaban J connectivity index is 1.66. The first kappa shape index (κ1) is 20.9. The molecule has 2 N–H and O–H groups in total. The molecular weight excluding hydrogens is 378 g/mol. The fourth-order valence-electron chi connectivity index (χ4n) is 3.73. The molecule has 0 saturated carbocycles. The zero-order chi connectivity index (χ0) is 20.8. The molecule has 0 spiro atoms. The van der Waals surface area contributed by atoms with Crippen molar-refractivity contribution in [1.29, 1.82) is 0 Å². The molecule has 2 unspecified atom stereocenters. The third-order valence-corrected chi connectivity index (χ3v) is 5.19. The van der Waals surface area contributed by atoms with Gasteiger partial charge in [-0.05, 0) is 66.6 Å². The maximum Gasteiger partial charge on any atom is 0.387 e. The van der Waals surface area contributed by atoms with E-state index in [2.05, 4.69) is 15.4 Å². The van der Waals surface area contributed by atoms with E-state index < -0.39 is 6.61 Å². The SMILES string of the molecule is CCC(NC(=O)NC1CCCc2cc(OC(F)F)ccc21)c1ccc(OC)cc1. The molecule has 0 aromatic heterocycles. The van der Waals surface area contributed by atoms with Crippen molar-refractivity contribution >= 4 is 6.03 Å². The Kier molecular flexibility index (Phi) is 6.90. The van der Waals surface area contributed by atoms with Gasteiger partial charge in [0.15, 0.2) is 0 Å². The number of carbonyl (C=O) groups excluding carboxylic acids is 1. The van der Waals surface area contributed by atoms with Crippen LogP contribution in [0.4, 0.5) is 13.6 Å². The largest absolute Gasteiger partial charge is 0.497 e. The average Bonchev–Trinajstić information content (AvgIpc) is 2.71. The van der Waals surface area contributed by atoms with Gasteiger partial charge in [0.25, 0.3) is 0 Å². The van der Waals surface area contributed by atoms with Crippen molar-refractivity contribution in [2.45, 2.75) is 51.3 Å². The normalized spacial score (nSPS) is 16.7. The zero-order valence-electron chi connectivity index (χ0n) is 16.6. The second-order valence-corrected chi connectivity index (χ2v) is 7.04. The second kappa shape index (κ2) is 9.58. The number of amides is 2. The van der Waals surface area contributed by atoms with E-state index in [1.165, 1.54) is 6.07 Å². The highest BCUT2D eigenvalue weighted by molar-refractivity contribution is 5.75. The minimum Gasteiger partial charge on any atom is -0.497 e. The lowest BCUT2D eigenvalue weighted by atomic mass is 9.87. The number of benzene rings is 2. The van der Waals surface area contributed by atoms with Gasteiger partial charge < -0.3 is 20.1 Å². The Morgan fingerprint density at radius 1 is 1.17 bits per heavy atom. The van der Waals surface area contributed by atoms with Gasteiger partial charge >= 0.3 is 12.6 Å². The fourth-order valence-corrected chi connectivity index (χ4v) is 3.73. The van der Waals surface area contributed by atoms with Crippen LogP contribution in [0.1, 0.15) is 55.0 Å². The van der Waals surface area contributed by atoms with Crippen LogP contribution in [-0.4, -0.2) is 19.8 Å². The molecule has 29 heavy (non-hydrogen) atoms. The molecule has 156 valence electrons. The Morgan fingerprint density at radius 2 is 1.90 bits per heavy atom. The number of ether oxygens (including phenoxy) is 2. The van der Waals surface area contributed by atoms with Gasteiger partial charge in [-0.3, -0.25) is 0 Å². The molecule has 0 heterocycles. The summed E-state index contributed by atoms with van der Waals surface area (Å²) in [6, 6.07) is 12.0. The van der Waals surface area contributed by atoms with E-state index >= 15 is 0 Å². The Morgan fingerprint density at radius 3 is 2.55 bits per heavy atom. The molecule has 2 amide bonds. The highest BCUT2D eigenvalue weighted by atomic mass is 19.3. The van der Waals surface area contributed by atoms with Gasteiger partial charge in [0.05, 0.1) is 19.2 Å². The van der Waals surface area contributed by atoms with Crippen LogP contribution in [0.2, 0.25) is 0 Å². The highest BCUT2D eigenvalue weighted by Gasteiger charge is 2.23. The van der Waals surface area contributed by atoms with Crippen molar-refractivity contribution in [2.24, 2.45) is 0 Å².